The molecule has 1 aromatic heterocycles. The lowest BCUT2D eigenvalue weighted by Gasteiger charge is -2.30. The monoisotopic (exact) mass is 354 g/mol. The Morgan fingerprint density at radius 1 is 1.35 bits per heavy atom. The lowest BCUT2D eigenvalue weighted by Crippen LogP contribution is -2.28. The van der Waals surface area contributed by atoms with Crippen molar-refractivity contribution in [3.8, 4) is 11.5 Å². The minimum atomic E-state index is -0.561. The zero-order chi connectivity index (χ0) is 18.6. The fraction of sp³-hybridized carbons (Fsp3) is 0.429. The van der Waals surface area contributed by atoms with Crippen LogP contribution in [0.15, 0.2) is 21.4 Å². The zero-order valence-electron chi connectivity index (χ0n) is 15.2. The van der Waals surface area contributed by atoms with Gasteiger partial charge in [0.1, 0.15) is 22.7 Å². The first-order chi connectivity index (χ1) is 12.3. The molecule has 0 unspecified atom stereocenters. The summed E-state index contributed by atoms with van der Waals surface area (Å²) in [5.41, 5.74) is 0.451. The van der Waals surface area contributed by atoms with E-state index in [9.17, 15) is 14.7 Å². The van der Waals surface area contributed by atoms with E-state index in [1.54, 1.807) is 6.08 Å². The number of Topliss-reactive ketones (excluding diaryl/α,β-unsaturated/α-hetero) is 1. The van der Waals surface area contributed by atoms with Crippen LogP contribution >= 0.6 is 0 Å². The molecule has 1 aromatic carbocycles. The summed E-state index contributed by atoms with van der Waals surface area (Å²) in [5, 5.41) is 11.5. The highest BCUT2D eigenvalue weighted by Crippen LogP contribution is 2.48. The first kappa shape index (κ1) is 16.9. The van der Waals surface area contributed by atoms with Crippen LogP contribution in [0.2, 0.25) is 0 Å². The van der Waals surface area contributed by atoms with Gasteiger partial charge in [-0.05, 0) is 50.8 Å². The molecule has 2 heterocycles. The third-order valence-electron chi connectivity index (χ3n) is 4.96. The Balaban J connectivity index is 2.14. The molecule has 0 spiro atoms. The van der Waals surface area contributed by atoms with Crippen molar-refractivity contribution in [2.75, 3.05) is 0 Å². The second kappa shape index (κ2) is 5.73. The maximum absolute atomic E-state index is 12.8. The van der Waals surface area contributed by atoms with E-state index in [2.05, 4.69) is 0 Å². The fourth-order valence-electron chi connectivity index (χ4n) is 3.54. The SMILES string of the molecule is CCCc1cc(=O)oc2c(C(=O)C3CC3)c(O)c3c(c12)OC(C)(C)C=C3. The lowest BCUT2D eigenvalue weighted by atomic mass is 9.91. The van der Waals surface area contributed by atoms with Crippen molar-refractivity contribution in [2.24, 2.45) is 5.92 Å². The van der Waals surface area contributed by atoms with Crippen LogP contribution in [0.4, 0.5) is 0 Å². The topological polar surface area (TPSA) is 76.7 Å². The summed E-state index contributed by atoms with van der Waals surface area (Å²) in [6.45, 7) is 5.85. The van der Waals surface area contributed by atoms with E-state index < -0.39 is 11.2 Å². The van der Waals surface area contributed by atoms with Crippen molar-refractivity contribution in [3.63, 3.8) is 0 Å². The van der Waals surface area contributed by atoms with E-state index >= 15 is 0 Å². The number of aromatic hydroxyl groups is 1. The van der Waals surface area contributed by atoms with Gasteiger partial charge in [0.25, 0.3) is 0 Å². The van der Waals surface area contributed by atoms with Crippen LogP contribution in [0.1, 0.15) is 61.5 Å². The summed E-state index contributed by atoms with van der Waals surface area (Å²) in [6.07, 6.45) is 6.73. The summed E-state index contributed by atoms with van der Waals surface area (Å²) in [5.74, 6) is 0.0510. The molecule has 1 N–H and O–H groups in total. The predicted molar refractivity (Wildman–Crippen MR) is 98.9 cm³/mol. The minimum absolute atomic E-state index is 0.104. The summed E-state index contributed by atoms with van der Waals surface area (Å²) >= 11 is 0. The molecule has 0 saturated heterocycles. The van der Waals surface area contributed by atoms with Gasteiger partial charge in [-0.3, -0.25) is 4.79 Å². The Bertz CT molecular complexity index is 1010. The molecule has 1 fully saturated rings. The second-order valence-electron chi connectivity index (χ2n) is 7.69. The number of carbonyl (C=O) groups excluding carboxylic acids is 1. The number of hydrogen-bond donors (Lipinski definition) is 1. The van der Waals surface area contributed by atoms with Gasteiger partial charge in [0, 0.05) is 12.0 Å². The second-order valence-corrected chi connectivity index (χ2v) is 7.69. The average molecular weight is 354 g/mol. The number of ether oxygens (including phenoxy) is 1. The molecule has 0 radical (unpaired) electrons. The highest BCUT2D eigenvalue weighted by Gasteiger charge is 2.37. The van der Waals surface area contributed by atoms with Crippen molar-refractivity contribution in [2.45, 2.75) is 52.1 Å². The Labute approximate surface area is 151 Å². The quantitative estimate of drug-likeness (QED) is 0.657. The number of carbonyl (C=O) groups is 1. The molecule has 5 nitrogen and oxygen atoms in total. The molecule has 1 aliphatic carbocycles. The molecule has 0 amide bonds. The van der Waals surface area contributed by atoms with Gasteiger partial charge in [0.2, 0.25) is 0 Å². The van der Waals surface area contributed by atoms with E-state index in [1.165, 1.54) is 6.07 Å². The molecule has 5 heteroatoms. The van der Waals surface area contributed by atoms with Gasteiger partial charge in [-0.1, -0.05) is 13.3 Å². The van der Waals surface area contributed by atoms with Crippen molar-refractivity contribution >= 4 is 22.8 Å². The van der Waals surface area contributed by atoms with Crippen LogP contribution in [0, 0.1) is 5.92 Å². The van der Waals surface area contributed by atoms with Crippen LogP contribution < -0.4 is 10.4 Å². The minimum Gasteiger partial charge on any atom is -0.506 e. The zero-order valence-corrected chi connectivity index (χ0v) is 15.2. The van der Waals surface area contributed by atoms with Crippen LogP contribution in [-0.4, -0.2) is 16.5 Å². The molecule has 1 saturated carbocycles. The van der Waals surface area contributed by atoms with Gasteiger partial charge in [-0.25, -0.2) is 4.79 Å². The van der Waals surface area contributed by atoms with Crippen LogP contribution in [0.25, 0.3) is 17.0 Å². The maximum Gasteiger partial charge on any atom is 0.336 e. The van der Waals surface area contributed by atoms with Crippen LogP contribution in [-0.2, 0) is 6.42 Å². The Morgan fingerprint density at radius 2 is 2.08 bits per heavy atom. The number of fused-ring (bicyclic) bond motifs is 3. The lowest BCUT2D eigenvalue weighted by molar-refractivity contribution is 0.0965. The van der Waals surface area contributed by atoms with E-state index in [1.807, 2.05) is 26.8 Å². The number of benzene rings is 1. The number of rotatable bonds is 4. The molecule has 1 aliphatic heterocycles. The summed E-state index contributed by atoms with van der Waals surface area (Å²) in [6, 6.07) is 1.46. The van der Waals surface area contributed by atoms with Crippen molar-refractivity contribution in [1.82, 2.24) is 0 Å². The Hall–Kier alpha value is -2.56. The van der Waals surface area contributed by atoms with Gasteiger partial charge in [-0.15, -0.1) is 0 Å². The van der Waals surface area contributed by atoms with E-state index in [-0.39, 0.29) is 28.6 Å². The molecule has 4 rings (SSSR count). The van der Waals surface area contributed by atoms with Crippen molar-refractivity contribution < 1.29 is 19.1 Å². The summed E-state index contributed by atoms with van der Waals surface area (Å²) in [4.78, 5) is 25.0. The molecule has 26 heavy (non-hydrogen) atoms. The molecule has 136 valence electrons. The van der Waals surface area contributed by atoms with E-state index in [0.717, 1.165) is 24.8 Å². The Morgan fingerprint density at radius 3 is 2.73 bits per heavy atom. The maximum atomic E-state index is 12.8. The standard InChI is InChI=1S/C21H22O5/c1-4-5-12-10-14(22)25-20-15(12)19-13(8-9-21(2,3)26-19)18(24)16(20)17(23)11-6-7-11/h8-11,24H,4-7H2,1-3H3. The summed E-state index contributed by atoms with van der Waals surface area (Å²) < 4.78 is 11.6. The Kier molecular flexibility index (Phi) is 3.72. The molecule has 0 bridgehead atoms. The highest BCUT2D eigenvalue weighted by atomic mass is 16.5. The first-order valence-corrected chi connectivity index (χ1v) is 9.10. The molecule has 0 atom stereocenters. The van der Waals surface area contributed by atoms with Gasteiger partial charge in [0.15, 0.2) is 11.4 Å². The molecule has 2 aromatic rings. The van der Waals surface area contributed by atoms with E-state index in [4.69, 9.17) is 9.15 Å². The number of ketones is 1. The molecular weight excluding hydrogens is 332 g/mol. The predicted octanol–water partition coefficient (Wildman–Crippen LogP) is 4.23. The van der Waals surface area contributed by atoms with Crippen LogP contribution in [0.3, 0.4) is 0 Å². The number of hydrogen-bond acceptors (Lipinski definition) is 5. The van der Waals surface area contributed by atoms with Gasteiger partial charge < -0.3 is 14.3 Å². The number of phenols is 1. The van der Waals surface area contributed by atoms with Crippen molar-refractivity contribution in [1.29, 1.82) is 0 Å². The normalized spacial score (nSPS) is 17.8. The molecule has 2 aliphatic rings. The average Bonchev–Trinajstić information content (AvgIpc) is 3.38. The summed E-state index contributed by atoms with van der Waals surface area (Å²) in [7, 11) is 0. The highest BCUT2D eigenvalue weighted by molar-refractivity contribution is 6.13. The third kappa shape index (κ3) is 2.62. The number of aryl methyl sites for hydroxylation is 1. The number of phenolic OH excluding ortho intramolecular Hbond substituents is 1. The first-order valence-electron chi connectivity index (χ1n) is 9.10. The van der Waals surface area contributed by atoms with Crippen molar-refractivity contribution in [3.05, 3.63) is 39.3 Å². The fourth-order valence-corrected chi connectivity index (χ4v) is 3.54. The molecular formula is C21H22O5. The van der Waals surface area contributed by atoms with Crippen LogP contribution in [0.5, 0.6) is 11.5 Å². The van der Waals surface area contributed by atoms with Gasteiger partial charge in [0.05, 0.1) is 10.9 Å². The smallest absolute Gasteiger partial charge is 0.336 e. The largest absolute Gasteiger partial charge is 0.506 e. The van der Waals surface area contributed by atoms with Gasteiger partial charge in [-0.2, -0.15) is 0 Å². The van der Waals surface area contributed by atoms with Gasteiger partial charge >= 0.3 is 5.63 Å². The van der Waals surface area contributed by atoms with E-state index in [0.29, 0.717) is 23.1 Å². The third-order valence-corrected chi connectivity index (χ3v) is 4.96.